The van der Waals surface area contributed by atoms with Crippen LogP contribution in [0, 0.1) is 0 Å². The van der Waals surface area contributed by atoms with Gasteiger partial charge in [-0.2, -0.15) is 17.6 Å². The molecule has 0 saturated carbocycles. The van der Waals surface area contributed by atoms with E-state index < -0.39 is 29.6 Å². The number of anilines is 2. The average molecular weight is 342 g/mol. The molecule has 0 spiro atoms. The van der Waals surface area contributed by atoms with E-state index in [0.29, 0.717) is 0 Å². The number of ether oxygens (including phenoxy) is 2. The summed E-state index contributed by atoms with van der Waals surface area (Å²) in [4.78, 5) is 12.1. The van der Waals surface area contributed by atoms with Crippen LogP contribution in [0.4, 0.5) is 28.9 Å². The van der Waals surface area contributed by atoms with Gasteiger partial charge in [-0.25, -0.2) is 0 Å². The molecule has 2 aromatic carbocycles. The van der Waals surface area contributed by atoms with Gasteiger partial charge in [0.25, 0.3) is 5.91 Å². The molecule has 0 radical (unpaired) electrons. The predicted octanol–water partition coefficient (Wildman–Crippen LogP) is 3.48. The van der Waals surface area contributed by atoms with Crippen molar-refractivity contribution >= 4 is 17.3 Å². The Labute approximate surface area is 133 Å². The third kappa shape index (κ3) is 2.68. The lowest BCUT2D eigenvalue weighted by atomic mass is 10.1. The van der Waals surface area contributed by atoms with Crippen LogP contribution in [0.5, 0.6) is 11.5 Å². The number of carbonyl (C=O) groups excluding carboxylic acids is 1. The van der Waals surface area contributed by atoms with E-state index in [4.69, 9.17) is 5.73 Å². The average Bonchev–Trinajstić information content (AvgIpc) is 2.48. The molecule has 0 bridgehead atoms. The highest BCUT2D eigenvalue weighted by Gasteiger charge is 2.65. The summed E-state index contributed by atoms with van der Waals surface area (Å²) in [6.07, 6.45) is -9.62. The maximum absolute atomic E-state index is 13.2. The zero-order valence-electron chi connectivity index (χ0n) is 11.9. The lowest BCUT2D eigenvalue weighted by Crippen LogP contribution is -2.52. The van der Waals surface area contributed by atoms with Gasteiger partial charge in [0.1, 0.15) is 0 Å². The van der Waals surface area contributed by atoms with E-state index in [2.05, 4.69) is 14.8 Å². The molecule has 0 fully saturated rings. The summed E-state index contributed by atoms with van der Waals surface area (Å²) in [5.41, 5.74) is 6.10. The highest BCUT2D eigenvalue weighted by atomic mass is 19.3. The first kappa shape index (κ1) is 15.9. The number of fused-ring (bicyclic) bond motifs is 1. The summed E-state index contributed by atoms with van der Waals surface area (Å²) in [7, 11) is 0. The van der Waals surface area contributed by atoms with Gasteiger partial charge in [0.2, 0.25) is 0 Å². The van der Waals surface area contributed by atoms with Gasteiger partial charge in [-0.05, 0) is 24.3 Å². The lowest BCUT2D eigenvalue weighted by Gasteiger charge is -2.31. The molecule has 3 rings (SSSR count). The maximum atomic E-state index is 13.2. The molecule has 24 heavy (non-hydrogen) atoms. The first-order valence-electron chi connectivity index (χ1n) is 6.63. The Kier molecular flexibility index (Phi) is 3.51. The van der Waals surface area contributed by atoms with Crippen molar-refractivity contribution in [2.75, 3.05) is 11.1 Å². The molecule has 1 amide bonds. The molecule has 1 heterocycles. The fourth-order valence-corrected chi connectivity index (χ4v) is 2.05. The number of carbonyl (C=O) groups is 1. The second-order valence-corrected chi connectivity index (χ2v) is 4.94. The number of hydrogen-bond donors (Lipinski definition) is 2. The van der Waals surface area contributed by atoms with Gasteiger partial charge in [-0.15, -0.1) is 0 Å². The molecule has 0 saturated heterocycles. The van der Waals surface area contributed by atoms with Crippen molar-refractivity contribution < 1.29 is 31.8 Å². The first-order chi connectivity index (χ1) is 11.2. The van der Waals surface area contributed by atoms with E-state index in [1.54, 1.807) is 12.1 Å². The molecule has 126 valence electrons. The van der Waals surface area contributed by atoms with Gasteiger partial charge in [0.05, 0.1) is 5.56 Å². The van der Waals surface area contributed by atoms with Crippen LogP contribution in [0.1, 0.15) is 10.4 Å². The van der Waals surface area contributed by atoms with Crippen LogP contribution in [-0.4, -0.2) is 18.1 Å². The number of nitrogens with two attached hydrogens (primary N) is 1. The molecule has 3 N–H and O–H groups in total. The Bertz CT molecular complexity index is 811. The van der Waals surface area contributed by atoms with Gasteiger partial charge in [0.15, 0.2) is 11.5 Å². The quantitative estimate of drug-likeness (QED) is 0.647. The summed E-state index contributed by atoms with van der Waals surface area (Å²) in [6.45, 7) is 0. The SMILES string of the molecule is Nc1ccccc1C(=O)Nc1ccc2c(c1)OC(F)(F)C(F)(F)O2. The number of rotatable bonds is 2. The van der Waals surface area contributed by atoms with E-state index in [-0.39, 0.29) is 16.9 Å². The third-order valence-electron chi connectivity index (χ3n) is 3.22. The van der Waals surface area contributed by atoms with Crippen molar-refractivity contribution in [2.45, 2.75) is 12.2 Å². The molecule has 1 aliphatic rings. The number of alkyl halides is 4. The Morgan fingerprint density at radius 1 is 0.958 bits per heavy atom. The second-order valence-electron chi connectivity index (χ2n) is 4.94. The van der Waals surface area contributed by atoms with Gasteiger partial charge in [-0.1, -0.05) is 12.1 Å². The van der Waals surface area contributed by atoms with Crippen LogP contribution in [-0.2, 0) is 0 Å². The van der Waals surface area contributed by atoms with Gasteiger partial charge in [-0.3, -0.25) is 4.79 Å². The number of nitrogens with one attached hydrogen (secondary N) is 1. The number of amides is 1. The summed E-state index contributed by atoms with van der Waals surface area (Å²) in [6, 6.07) is 9.37. The molecule has 0 aromatic heterocycles. The minimum atomic E-state index is -4.83. The van der Waals surface area contributed by atoms with Crippen LogP contribution in [0.15, 0.2) is 42.5 Å². The number of halogens is 4. The van der Waals surface area contributed by atoms with Crippen molar-refractivity contribution in [1.82, 2.24) is 0 Å². The molecule has 0 atom stereocenters. The fourth-order valence-electron chi connectivity index (χ4n) is 2.05. The third-order valence-corrected chi connectivity index (χ3v) is 3.22. The largest absolute Gasteiger partial charge is 0.507 e. The number of para-hydroxylation sites is 1. The van der Waals surface area contributed by atoms with Gasteiger partial charge in [0, 0.05) is 17.4 Å². The van der Waals surface area contributed by atoms with Crippen LogP contribution < -0.4 is 20.5 Å². The van der Waals surface area contributed by atoms with E-state index >= 15 is 0 Å². The van der Waals surface area contributed by atoms with Crippen molar-refractivity contribution in [1.29, 1.82) is 0 Å². The van der Waals surface area contributed by atoms with Gasteiger partial charge < -0.3 is 20.5 Å². The summed E-state index contributed by atoms with van der Waals surface area (Å²) in [5.74, 6) is -1.78. The van der Waals surface area contributed by atoms with E-state index in [1.807, 2.05) is 0 Å². The molecule has 0 aliphatic carbocycles. The van der Waals surface area contributed by atoms with Gasteiger partial charge >= 0.3 is 12.2 Å². The highest BCUT2D eigenvalue weighted by molar-refractivity contribution is 6.07. The first-order valence-corrected chi connectivity index (χ1v) is 6.63. The van der Waals surface area contributed by atoms with Crippen molar-refractivity contribution in [3.63, 3.8) is 0 Å². The van der Waals surface area contributed by atoms with Crippen LogP contribution in [0.3, 0.4) is 0 Å². The Morgan fingerprint density at radius 2 is 1.58 bits per heavy atom. The minimum absolute atomic E-state index is 0.0478. The monoisotopic (exact) mass is 342 g/mol. The van der Waals surface area contributed by atoms with E-state index in [0.717, 1.165) is 12.1 Å². The van der Waals surface area contributed by atoms with Crippen LogP contribution in [0.2, 0.25) is 0 Å². The normalized spacial score (nSPS) is 17.2. The molecule has 0 unspecified atom stereocenters. The van der Waals surface area contributed by atoms with Crippen molar-refractivity contribution in [3.8, 4) is 11.5 Å². The summed E-state index contributed by atoms with van der Waals surface area (Å²) < 4.78 is 60.4. The molecule has 1 aliphatic heterocycles. The van der Waals surface area contributed by atoms with Crippen LogP contribution >= 0.6 is 0 Å². The predicted molar refractivity (Wildman–Crippen MR) is 76.4 cm³/mol. The number of nitrogen functional groups attached to an aromatic ring is 1. The topological polar surface area (TPSA) is 73.6 Å². The molecule has 9 heteroatoms. The van der Waals surface area contributed by atoms with Crippen LogP contribution in [0.25, 0.3) is 0 Å². The Hall–Kier alpha value is -2.97. The molecular formula is C15H10F4N2O3. The standard InChI is InChI=1S/C15H10F4N2O3/c16-14(17)15(18,19)24-12-7-8(5-6-11(12)23-14)21-13(22)9-3-1-2-4-10(9)20/h1-7H,20H2,(H,21,22). The fraction of sp³-hybridized carbons (Fsp3) is 0.133. The highest BCUT2D eigenvalue weighted by Crippen LogP contribution is 2.47. The van der Waals surface area contributed by atoms with Crippen molar-refractivity contribution in [3.05, 3.63) is 48.0 Å². The summed E-state index contributed by atoms with van der Waals surface area (Å²) >= 11 is 0. The summed E-state index contributed by atoms with van der Waals surface area (Å²) in [5, 5.41) is 2.41. The van der Waals surface area contributed by atoms with Crippen molar-refractivity contribution in [2.24, 2.45) is 0 Å². The lowest BCUT2D eigenvalue weighted by molar-refractivity contribution is -0.391. The molecular weight excluding hydrogens is 332 g/mol. The Morgan fingerprint density at radius 3 is 2.25 bits per heavy atom. The molecule has 2 aromatic rings. The zero-order valence-corrected chi connectivity index (χ0v) is 11.9. The van der Waals surface area contributed by atoms with E-state index in [1.165, 1.54) is 18.2 Å². The zero-order chi connectivity index (χ0) is 17.5. The Balaban J connectivity index is 1.85. The number of benzene rings is 2. The molecule has 5 nitrogen and oxygen atoms in total. The smallest absolute Gasteiger partial charge is 0.421 e. The maximum Gasteiger partial charge on any atom is 0.507 e. The second kappa shape index (κ2) is 5.29. The minimum Gasteiger partial charge on any atom is -0.421 e. The number of hydrogen-bond acceptors (Lipinski definition) is 4. The van der Waals surface area contributed by atoms with E-state index in [9.17, 15) is 22.4 Å².